The molecule has 0 aliphatic carbocycles. The molecule has 2 heterocycles. The molecule has 0 radical (unpaired) electrons. The van der Waals surface area contributed by atoms with Crippen LogP contribution in [-0.2, 0) is 4.74 Å². The average molecular weight is 228 g/mol. The second-order valence-corrected chi connectivity index (χ2v) is 4.07. The zero-order valence-corrected chi connectivity index (χ0v) is 9.44. The van der Waals surface area contributed by atoms with E-state index in [1.54, 1.807) is 6.07 Å². The lowest BCUT2D eigenvalue weighted by atomic mass is 10.3. The van der Waals surface area contributed by atoms with Crippen molar-refractivity contribution in [2.24, 2.45) is 0 Å². The summed E-state index contributed by atoms with van der Waals surface area (Å²) in [7, 11) is 0. The van der Waals surface area contributed by atoms with Gasteiger partial charge < -0.3 is 9.64 Å². The number of hydrogen-bond acceptors (Lipinski definition) is 4. The van der Waals surface area contributed by atoms with Crippen LogP contribution in [0.15, 0.2) is 12.4 Å². The molecule has 5 heteroatoms. The van der Waals surface area contributed by atoms with Crippen LogP contribution in [0.5, 0.6) is 0 Å². The van der Waals surface area contributed by atoms with E-state index in [9.17, 15) is 0 Å². The Labute approximate surface area is 94.2 Å². The maximum absolute atomic E-state index is 5.83. The van der Waals surface area contributed by atoms with Gasteiger partial charge in [-0.15, -0.1) is 0 Å². The molecule has 0 N–H and O–H groups in total. The van der Waals surface area contributed by atoms with Gasteiger partial charge in [0.2, 0.25) is 0 Å². The smallest absolute Gasteiger partial charge is 0.134 e. The lowest BCUT2D eigenvalue weighted by Gasteiger charge is -2.22. The summed E-state index contributed by atoms with van der Waals surface area (Å²) < 4.78 is 5.57. The molecule has 0 spiro atoms. The molecule has 0 amide bonds. The van der Waals surface area contributed by atoms with E-state index in [4.69, 9.17) is 16.3 Å². The molecule has 1 aromatic heterocycles. The van der Waals surface area contributed by atoms with Crippen molar-refractivity contribution < 1.29 is 4.74 Å². The Hall–Kier alpha value is -0.870. The highest BCUT2D eigenvalue weighted by Crippen LogP contribution is 2.17. The molecule has 2 rings (SSSR count). The van der Waals surface area contributed by atoms with Crippen LogP contribution in [0.1, 0.15) is 13.3 Å². The number of ether oxygens (including phenoxy) is 1. The predicted molar refractivity (Wildman–Crippen MR) is 59.3 cm³/mol. The van der Waals surface area contributed by atoms with Crippen molar-refractivity contribution in [2.75, 3.05) is 24.6 Å². The first-order valence-corrected chi connectivity index (χ1v) is 5.47. The molecule has 1 atom stereocenters. The van der Waals surface area contributed by atoms with E-state index in [1.807, 2.05) is 0 Å². The molecule has 0 bridgehead atoms. The minimum Gasteiger partial charge on any atom is -0.377 e. The average Bonchev–Trinajstić information content (AvgIpc) is 2.43. The number of hydrogen-bond donors (Lipinski definition) is 0. The monoisotopic (exact) mass is 227 g/mol. The molecule has 1 aromatic rings. The number of aromatic nitrogens is 2. The second-order valence-electron chi connectivity index (χ2n) is 3.68. The number of anilines is 1. The summed E-state index contributed by atoms with van der Waals surface area (Å²) in [6, 6.07) is 1.79. The molecular weight excluding hydrogens is 214 g/mol. The van der Waals surface area contributed by atoms with Gasteiger partial charge in [0.05, 0.1) is 6.10 Å². The van der Waals surface area contributed by atoms with E-state index in [2.05, 4.69) is 21.8 Å². The third-order valence-electron chi connectivity index (χ3n) is 2.40. The van der Waals surface area contributed by atoms with Crippen molar-refractivity contribution in [3.05, 3.63) is 17.5 Å². The fourth-order valence-corrected chi connectivity index (χ4v) is 1.84. The zero-order chi connectivity index (χ0) is 10.7. The fourth-order valence-electron chi connectivity index (χ4n) is 1.70. The summed E-state index contributed by atoms with van der Waals surface area (Å²) in [6.07, 6.45) is 2.75. The topological polar surface area (TPSA) is 38.2 Å². The van der Waals surface area contributed by atoms with Crippen molar-refractivity contribution in [1.82, 2.24) is 9.97 Å². The van der Waals surface area contributed by atoms with Gasteiger partial charge in [-0.2, -0.15) is 0 Å². The van der Waals surface area contributed by atoms with Crippen molar-refractivity contribution in [3.8, 4) is 0 Å². The van der Waals surface area contributed by atoms with Gasteiger partial charge >= 0.3 is 0 Å². The Morgan fingerprint density at radius 2 is 2.40 bits per heavy atom. The van der Waals surface area contributed by atoms with Gasteiger partial charge in [-0.1, -0.05) is 11.6 Å². The van der Waals surface area contributed by atoms with Gasteiger partial charge in [0, 0.05) is 25.8 Å². The third-order valence-corrected chi connectivity index (χ3v) is 2.60. The molecule has 1 fully saturated rings. The fraction of sp³-hybridized carbons (Fsp3) is 0.600. The number of nitrogens with zero attached hydrogens (tertiary/aromatic N) is 3. The molecule has 15 heavy (non-hydrogen) atoms. The summed E-state index contributed by atoms with van der Waals surface area (Å²) >= 11 is 5.83. The Morgan fingerprint density at radius 3 is 3.20 bits per heavy atom. The van der Waals surface area contributed by atoms with Gasteiger partial charge in [0.15, 0.2) is 0 Å². The van der Waals surface area contributed by atoms with Crippen LogP contribution in [0.25, 0.3) is 0 Å². The van der Waals surface area contributed by atoms with Crippen LogP contribution >= 0.6 is 11.6 Å². The first-order chi connectivity index (χ1) is 7.25. The quantitative estimate of drug-likeness (QED) is 0.686. The summed E-state index contributed by atoms with van der Waals surface area (Å²) in [6.45, 7) is 4.70. The highest BCUT2D eigenvalue weighted by atomic mass is 35.5. The largest absolute Gasteiger partial charge is 0.377 e. The molecule has 0 aromatic carbocycles. The van der Waals surface area contributed by atoms with Crippen LogP contribution in [0.2, 0.25) is 5.15 Å². The Balaban J connectivity index is 2.14. The van der Waals surface area contributed by atoms with E-state index in [-0.39, 0.29) is 6.10 Å². The van der Waals surface area contributed by atoms with Crippen molar-refractivity contribution in [1.29, 1.82) is 0 Å². The number of halogens is 1. The molecule has 4 nitrogen and oxygen atoms in total. The van der Waals surface area contributed by atoms with Crippen LogP contribution < -0.4 is 4.90 Å². The highest BCUT2D eigenvalue weighted by Gasteiger charge is 2.16. The molecule has 1 saturated heterocycles. The van der Waals surface area contributed by atoms with Crippen molar-refractivity contribution in [3.63, 3.8) is 0 Å². The minimum absolute atomic E-state index is 0.237. The molecule has 1 aliphatic heterocycles. The first-order valence-electron chi connectivity index (χ1n) is 5.10. The second kappa shape index (κ2) is 4.77. The van der Waals surface area contributed by atoms with Crippen LogP contribution in [-0.4, -0.2) is 35.8 Å². The standard InChI is InChI=1S/C10H14ClN3O/c1-8-6-14(3-2-4-15-8)10-5-9(11)12-7-13-10/h5,7-8H,2-4,6H2,1H3. The maximum Gasteiger partial charge on any atom is 0.134 e. The van der Waals surface area contributed by atoms with Gasteiger partial charge in [0.25, 0.3) is 0 Å². The predicted octanol–water partition coefficient (Wildman–Crippen LogP) is 1.75. The molecule has 82 valence electrons. The van der Waals surface area contributed by atoms with Gasteiger partial charge in [0.1, 0.15) is 17.3 Å². The molecule has 1 aliphatic rings. The van der Waals surface area contributed by atoms with Gasteiger partial charge in [-0.05, 0) is 13.3 Å². The summed E-state index contributed by atoms with van der Waals surface area (Å²) in [5.41, 5.74) is 0. The van der Waals surface area contributed by atoms with E-state index < -0.39 is 0 Å². The van der Waals surface area contributed by atoms with Gasteiger partial charge in [-0.25, -0.2) is 9.97 Å². The molecule has 1 unspecified atom stereocenters. The van der Waals surface area contributed by atoms with Crippen LogP contribution in [0.3, 0.4) is 0 Å². The van der Waals surface area contributed by atoms with Crippen molar-refractivity contribution in [2.45, 2.75) is 19.4 Å². The van der Waals surface area contributed by atoms with E-state index >= 15 is 0 Å². The lowest BCUT2D eigenvalue weighted by molar-refractivity contribution is 0.0820. The summed E-state index contributed by atoms with van der Waals surface area (Å²) in [4.78, 5) is 10.3. The van der Waals surface area contributed by atoms with Crippen LogP contribution in [0.4, 0.5) is 5.82 Å². The van der Waals surface area contributed by atoms with E-state index in [0.717, 1.165) is 31.9 Å². The van der Waals surface area contributed by atoms with Gasteiger partial charge in [-0.3, -0.25) is 0 Å². The molecule has 0 saturated carbocycles. The third kappa shape index (κ3) is 2.79. The SMILES string of the molecule is CC1CN(c2cc(Cl)ncn2)CCCO1. The normalized spacial score (nSPS) is 22.5. The number of rotatable bonds is 1. The Kier molecular flexibility index (Phi) is 3.38. The summed E-state index contributed by atoms with van der Waals surface area (Å²) in [5, 5.41) is 0.484. The van der Waals surface area contributed by atoms with E-state index in [0.29, 0.717) is 5.15 Å². The zero-order valence-electron chi connectivity index (χ0n) is 8.69. The van der Waals surface area contributed by atoms with Crippen molar-refractivity contribution >= 4 is 17.4 Å². The Bertz CT molecular complexity index is 334. The molecular formula is C10H14ClN3O. The Morgan fingerprint density at radius 1 is 1.53 bits per heavy atom. The minimum atomic E-state index is 0.237. The van der Waals surface area contributed by atoms with E-state index in [1.165, 1.54) is 6.33 Å². The summed E-state index contributed by atoms with van der Waals surface area (Å²) in [5.74, 6) is 0.882. The highest BCUT2D eigenvalue weighted by molar-refractivity contribution is 6.29. The lowest BCUT2D eigenvalue weighted by Crippen LogP contribution is -2.30. The first kappa shape index (κ1) is 10.6. The maximum atomic E-state index is 5.83. The van der Waals surface area contributed by atoms with Crippen LogP contribution in [0, 0.1) is 0 Å².